The summed E-state index contributed by atoms with van der Waals surface area (Å²) in [6.45, 7) is 2.12. The van der Waals surface area contributed by atoms with Crippen molar-refractivity contribution in [1.29, 1.82) is 0 Å². The molecule has 0 amide bonds. The van der Waals surface area contributed by atoms with Crippen LogP contribution in [0.4, 0.5) is 4.39 Å². The Kier molecular flexibility index (Phi) is 4.95. The lowest BCUT2D eigenvalue weighted by Crippen LogP contribution is -2.00. The molecule has 0 aliphatic carbocycles. The van der Waals surface area contributed by atoms with Crippen LogP contribution in [0.3, 0.4) is 0 Å². The van der Waals surface area contributed by atoms with Crippen molar-refractivity contribution in [3.63, 3.8) is 0 Å². The van der Waals surface area contributed by atoms with E-state index in [0.717, 1.165) is 31.2 Å². The van der Waals surface area contributed by atoms with Gasteiger partial charge in [0.05, 0.1) is 0 Å². The lowest BCUT2D eigenvalue weighted by molar-refractivity contribution is 0.622. The van der Waals surface area contributed by atoms with E-state index in [4.69, 9.17) is 11.6 Å². The first-order valence-corrected chi connectivity index (χ1v) is 5.54. The van der Waals surface area contributed by atoms with Gasteiger partial charge in [-0.25, -0.2) is 4.39 Å². The second-order valence-electron chi connectivity index (χ2n) is 3.55. The Balaban J connectivity index is 2.37. The number of halogens is 2. The van der Waals surface area contributed by atoms with Crippen LogP contribution < -0.4 is 0 Å². The fourth-order valence-corrected chi connectivity index (χ4v) is 1.80. The zero-order chi connectivity index (χ0) is 10.4. The Labute approximate surface area is 90.1 Å². The van der Waals surface area contributed by atoms with Gasteiger partial charge in [-0.2, -0.15) is 0 Å². The molecule has 0 saturated heterocycles. The highest BCUT2D eigenvalue weighted by Crippen LogP contribution is 2.14. The Bertz CT molecular complexity index is 273. The third kappa shape index (κ3) is 4.10. The molecule has 1 aromatic carbocycles. The normalized spacial score (nSPS) is 12.8. The molecule has 1 atom stereocenters. The van der Waals surface area contributed by atoms with Gasteiger partial charge in [-0.15, -0.1) is 11.6 Å². The average molecular weight is 215 g/mol. The van der Waals surface area contributed by atoms with Crippen LogP contribution in [0.15, 0.2) is 24.3 Å². The Morgan fingerprint density at radius 2 is 2.14 bits per heavy atom. The molecule has 0 bridgehead atoms. The smallest absolute Gasteiger partial charge is 0.123 e. The minimum absolute atomic E-state index is 0.163. The first-order chi connectivity index (χ1) is 6.72. The van der Waals surface area contributed by atoms with E-state index in [2.05, 4.69) is 6.92 Å². The number of hydrogen-bond donors (Lipinski definition) is 0. The van der Waals surface area contributed by atoms with Crippen molar-refractivity contribution in [2.45, 2.75) is 38.0 Å². The standard InChI is InChI=1S/C12H16ClF/c1-2-4-11(13)8-7-10-5-3-6-12(14)9-10/h3,5-6,9,11H,2,4,7-8H2,1H3. The van der Waals surface area contributed by atoms with Crippen LogP contribution in [0, 0.1) is 5.82 Å². The highest BCUT2D eigenvalue weighted by atomic mass is 35.5. The highest BCUT2D eigenvalue weighted by Gasteiger charge is 2.03. The summed E-state index contributed by atoms with van der Waals surface area (Å²) in [6.07, 6.45) is 3.94. The molecule has 0 aromatic heterocycles. The van der Waals surface area contributed by atoms with E-state index in [1.54, 1.807) is 12.1 Å². The Morgan fingerprint density at radius 3 is 2.79 bits per heavy atom. The van der Waals surface area contributed by atoms with Gasteiger partial charge in [-0.05, 0) is 37.0 Å². The van der Waals surface area contributed by atoms with Crippen molar-refractivity contribution >= 4 is 11.6 Å². The van der Waals surface area contributed by atoms with Crippen molar-refractivity contribution < 1.29 is 4.39 Å². The molecule has 0 aliphatic heterocycles. The van der Waals surface area contributed by atoms with E-state index in [1.165, 1.54) is 6.07 Å². The fourth-order valence-electron chi connectivity index (χ4n) is 1.47. The molecule has 0 aliphatic rings. The van der Waals surface area contributed by atoms with Crippen molar-refractivity contribution in [2.24, 2.45) is 0 Å². The maximum Gasteiger partial charge on any atom is 0.123 e. The lowest BCUT2D eigenvalue weighted by atomic mass is 10.1. The predicted octanol–water partition coefficient (Wildman–Crippen LogP) is 4.17. The molecule has 14 heavy (non-hydrogen) atoms. The van der Waals surface area contributed by atoms with E-state index in [-0.39, 0.29) is 11.2 Å². The maximum absolute atomic E-state index is 12.8. The molecule has 1 unspecified atom stereocenters. The van der Waals surface area contributed by atoms with Crippen molar-refractivity contribution in [1.82, 2.24) is 0 Å². The summed E-state index contributed by atoms with van der Waals surface area (Å²) in [6, 6.07) is 6.73. The van der Waals surface area contributed by atoms with E-state index in [1.807, 2.05) is 6.07 Å². The largest absolute Gasteiger partial charge is 0.207 e. The SMILES string of the molecule is CCCC(Cl)CCc1cccc(F)c1. The first-order valence-electron chi connectivity index (χ1n) is 5.11. The summed E-state index contributed by atoms with van der Waals surface area (Å²) < 4.78 is 12.8. The third-order valence-electron chi connectivity index (χ3n) is 2.24. The van der Waals surface area contributed by atoms with Gasteiger partial charge in [0, 0.05) is 5.38 Å². The number of hydrogen-bond acceptors (Lipinski definition) is 0. The molecular formula is C12H16ClF. The van der Waals surface area contributed by atoms with Gasteiger partial charge in [0.15, 0.2) is 0 Å². The molecule has 1 rings (SSSR count). The zero-order valence-corrected chi connectivity index (χ0v) is 9.23. The minimum Gasteiger partial charge on any atom is -0.207 e. The van der Waals surface area contributed by atoms with Crippen molar-refractivity contribution in [2.75, 3.05) is 0 Å². The van der Waals surface area contributed by atoms with Gasteiger partial charge in [-0.1, -0.05) is 25.5 Å². The molecule has 0 N–H and O–H groups in total. The van der Waals surface area contributed by atoms with Crippen LogP contribution in [0.5, 0.6) is 0 Å². The second kappa shape index (κ2) is 6.02. The van der Waals surface area contributed by atoms with E-state index >= 15 is 0 Å². The molecule has 78 valence electrons. The van der Waals surface area contributed by atoms with Gasteiger partial charge >= 0.3 is 0 Å². The number of alkyl halides is 1. The fraction of sp³-hybridized carbons (Fsp3) is 0.500. The van der Waals surface area contributed by atoms with Crippen LogP contribution in [-0.4, -0.2) is 5.38 Å². The van der Waals surface area contributed by atoms with Crippen LogP contribution in [0.2, 0.25) is 0 Å². The van der Waals surface area contributed by atoms with Crippen LogP contribution in [0.25, 0.3) is 0 Å². The molecule has 0 saturated carbocycles. The van der Waals surface area contributed by atoms with E-state index < -0.39 is 0 Å². The zero-order valence-electron chi connectivity index (χ0n) is 8.47. The van der Waals surface area contributed by atoms with Crippen LogP contribution in [0.1, 0.15) is 31.7 Å². The number of rotatable bonds is 5. The Morgan fingerprint density at radius 1 is 1.36 bits per heavy atom. The first kappa shape index (κ1) is 11.5. The monoisotopic (exact) mass is 214 g/mol. The molecular weight excluding hydrogens is 199 g/mol. The summed E-state index contributed by atoms with van der Waals surface area (Å²) in [4.78, 5) is 0. The van der Waals surface area contributed by atoms with Crippen molar-refractivity contribution in [3.05, 3.63) is 35.6 Å². The number of benzene rings is 1. The van der Waals surface area contributed by atoms with Crippen LogP contribution in [-0.2, 0) is 6.42 Å². The van der Waals surface area contributed by atoms with Gasteiger partial charge in [-0.3, -0.25) is 0 Å². The molecule has 0 spiro atoms. The summed E-state index contributed by atoms with van der Waals surface area (Å²) in [5, 5.41) is 0.225. The molecule has 1 aromatic rings. The van der Waals surface area contributed by atoms with Gasteiger partial charge in [0.25, 0.3) is 0 Å². The van der Waals surface area contributed by atoms with Gasteiger partial charge in [0.1, 0.15) is 5.82 Å². The van der Waals surface area contributed by atoms with E-state index in [9.17, 15) is 4.39 Å². The summed E-state index contributed by atoms with van der Waals surface area (Å²) in [5.74, 6) is -0.163. The lowest BCUT2D eigenvalue weighted by Gasteiger charge is -2.07. The average Bonchev–Trinajstić information content (AvgIpc) is 2.15. The van der Waals surface area contributed by atoms with E-state index in [0.29, 0.717) is 0 Å². The minimum atomic E-state index is -0.163. The molecule has 0 heterocycles. The Hall–Kier alpha value is -0.560. The highest BCUT2D eigenvalue weighted by molar-refractivity contribution is 6.20. The molecule has 0 radical (unpaired) electrons. The summed E-state index contributed by atoms with van der Waals surface area (Å²) >= 11 is 6.08. The van der Waals surface area contributed by atoms with Crippen LogP contribution >= 0.6 is 11.6 Å². The second-order valence-corrected chi connectivity index (χ2v) is 4.17. The molecule has 0 fully saturated rings. The van der Waals surface area contributed by atoms with Crippen molar-refractivity contribution in [3.8, 4) is 0 Å². The summed E-state index contributed by atoms with van der Waals surface area (Å²) in [7, 11) is 0. The van der Waals surface area contributed by atoms with Gasteiger partial charge in [0.2, 0.25) is 0 Å². The molecule has 2 heteroatoms. The molecule has 0 nitrogen and oxygen atoms in total. The third-order valence-corrected chi connectivity index (χ3v) is 2.67. The van der Waals surface area contributed by atoms with Gasteiger partial charge < -0.3 is 0 Å². The topological polar surface area (TPSA) is 0 Å². The quantitative estimate of drug-likeness (QED) is 0.646. The number of aryl methyl sites for hydroxylation is 1. The summed E-state index contributed by atoms with van der Waals surface area (Å²) in [5.41, 5.74) is 1.03. The predicted molar refractivity (Wildman–Crippen MR) is 59.3 cm³/mol. The maximum atomic E-state index is 12.8.